The van der Waals surface area contributed by atoms with Gasteiger partial charge < -0.3 is 30.0 Å². The van der Waals surface area contributed by atoms with Crippen molar-refractivity contribution in [3.63, 3.8) is 0 Å². The van der Waals surface area contributed by atoms with E-state index in [0.29, 0.717) is 25.7 Å². The van der Waals surface area contributed by atoms with Gasteiger partial charge in [0, 0.05) is 0 Å². The number of ether oxygens (including phenoxy) is 3. The molecule has 1 aliphatic rings. The van der Waals surface area contributed by atoms with E-state index in [0.717, 1.165) is 6.42 Å². The molecule has 1 aromatic rings. The van der Waals surface area contributed by atoms with Crippen molar-refractivity contribution in [3.8, 4) is 5.75 Å². The molecule has 204 valence electrons. The van der Waals surface area contributed by atoms with Crippen LogP contribution in [-0.2, 0) is 33.4 Å². The zero-order chi connectivity index (χ0) is 27.7. The van der Waals surface area contributed by atoms with Crippen LogP contribution in [-0.4, -0.2) is 59.7 Å². The van der Waals surface area contributed by atoms with Crippen LogP contribution in [0.4, 0.5) is 5.69 Å². The van der Waals surface area contributed by atoms with E-state index in [1.165, 1.54) is 32.0 Å². The summed E-state index contributed by atoms with van der Waals surface area (Å²) in [7, 11) is 0. The number of phenolic OH excluding ortho intramolecular Hbond substituents is 1. The van der Waals surface area contributed by atoms with Crippen molar-refractivity contribution in [3.05, 3.63) is 23.8 Å². The first-order valence-electron chi connectivity index (χ1n) is 12.5. The van der Waals surface area contributed by atoms with E-state index in [-0.39, 0.29) is 11.3 Å². The van der Waals surface area contributed by atoms with Gasteiger partial charge in [-0.1, -0.05) is 39.7 Å². The van der Waals surface area contributed by atoms with Crippen LogP contribution in [0.15, 0.2) is 18.2 Å². The number of carbonyl (C=O) groups is 5. The van der Waals surface area contributed by atoms with Gasteiger partial charge in [0.2, 0.25) is 6.41 Å². The SMILES string of the molecule is CCCC[C@H]1C(=O)O[C@H](C)[C@H](NC(=O)c2cccc(NC=O)c2O)C(=O)O[C@@H](C)[C@@H]1OC(=O)C(C)CC. The van der Waals surface area contributed by atoms with Gasteiger partial charge in [-0.15, -0.1) is 0 Å². The molecule has 11 heteroatoms. The van der Waals surface area contributed by atoms with E-state index < -0.39 is 65.8 Å². The maximum absolute atomic E-state index is 13.2. The van der Waals surface area contributed by atoms with Crippen LogP contribution in [0.3, 0.4) is 0 Å². The van der Waals surface area contributed by atoms with Crippen LogP contribution >= 0.6 is 0 Å². The van der Waals surface area contributed by atoms with Crippen LogP contribution in [0.5, 0.6) is 5.75 Å². The van der Waals surface area contributed by atoms with Gasteiger partial charge in [-0.3, -0.25) is 19.2 Å². The number of carbonyl (C=O) groups excluding carboxylic acids is 5. The Bertz CT molecular complexity index is 996. The first-order chi connectivity index (χ1) is 17.5. The molecule has 0 saturated carbocycles. The van der Waals surface area contributed by atoms with Gasteiger partial charge in [-0.25, -0.2) is 4.79 Å². The van der Waals surface area contributed by atoms with Crippen molar-refractivity contribution in [2.24, 2.45) is 11.8 Å². The van der Waals surface area contributed by atoms with Crippen molar-refractivity contribution in [2.45, 2.75) is 84.7 Å². The van der Waals surface area contributed by atoms with Gasteiger partial charge in [-0.05, 0) is 38.8 Å². The molecule has 2 amide bonds. The molecular weight excluding hydrogens is 484 g/mol. The quantitative estimate of drug-likeness (QED) is 0.183. The third kappa shape index (κ3) is 7.43. The number of unbranched alkanes of at least 4 members (excludes halogenated alkanes) is 1. The topological polar surface area (TPSA) is 157 Å². The van der Waals surface area contributed by atoms with Gasteiger partial charge in [0.1, 0.15) is 12.2 Å². The number of phenols is 1. The summed E-state index contributed by atoms with van der Waals surface area (Å²) in [6, 6.07) is 2.70. The predicted molar refractivity (Wildman–Crippen MR) is 133 cm³/mol. The molecule has 1 fully saturated rings. The molecular formula is C26H36N2O9. The third-order valence-corrected chi connectivity index (χ3v) is 6.41. The highest BCUT2D eigenvalue weighted by Gasteiger charge is 2.44. The van der Waals surface area contributed by atoms with E-state index in [2.05, 4.69) is 10.6 Å². The number of rotatable bonds is 10. The Kier molecular flexibility index (Phi) is 10.9. The fraction of sp³-hybridized carbons (Fsp3) is 0.577. The first-order valence-corrected chi connectivity index (χ1v) is 12.5. The molecule has 0 aromatic heterocycles. The molecule has 0 radical (unpaired) electrons. The second-order valence-corrected chi connectivity index (χ2v) is 9.16. The molecule has 1 unspecified atom stereocenters. The van der Waals surface area contributed by atoms with E-state index in [1.807, 2.05) is 13.8 Å². The number of para-hydroxylation sites is 1. The molecule has 1 aliphatic heterocycles. The Morgan fingerprint density at radius 1 is 1.14 bits per heavy atom. The Labute approximate surface area is 216 Å². The number of benzene rings is 1. The number of cyclic esters (lactones) is 2. The number of aromatic hydroxyl groups is 1. The van der Waals surface area contributed by atoms with Crippen molar-refractivity contribution in [2.75, 3.05) is 5.32 Å². The molecule has 6 atom stereocenters. The van der Waals surface area contributed by atoms with Crippen molar-refractivity contribution in [1.29, 1.82) is 0 Å². The number of esters is 3. The molecule has 1 heterocycles. The monoisotopic (exact) mass is 520 g/mol. The number of anilines is 1. The first kappa shape index (κ1) is 29.6. The molecule has 1 aromatic carbocycles. The Morgan fingerprint density at radius 3 is 2.43 bits per heavy atom. The normalized spacial score (nSPS) is 24.8. The maximum Gasteiger partial charge on any atom is 0.332 e. The smallest absolute Gasteiger partial charge is 0.332 e. The average molecular weight is 521 g/mol. The second-order valence-electron chi connectivity index (χ2n) is 9.16. The highest BCUT2D eigenvalue weighted by molar-refractivity contribution is 6.01. The lowest BCUT2D eigenvalue weighted by atomic mass is 9.92. The minimum atomic E-state index is -1.42. The summed E-state index contributed by atoms with van der Waals surface area (Å²) >= 11 is 0. The van der Waals surface area contributed by atoms with Crippen LogP contribution in [0.2, 0.25) is 0 Å². The largest absolute Gasteiger partial charge is 0.505 e. The lowest BCUT2D eigenvalue weighted by Crippen LogP contribution is -2.50. The third-order valence-electron chi connectivity index (χ3n) is 6.41. The van der Waals surface area contributed by atoms with Gasteiger partial charge >= 0.3 is 17.9 Å². The number of hydrogen-bond acceptors (Lipinski definition) is 9. The summed E-state index contributed by atoms with van der Waals surface area (Å²) in [4.78, 5) is 62.6. The van der Waals surface area contributed by atoms with Gasteiger partial charge in [0.25, 0.3) is 5.91 Å². The lowest BCUT2D eigenvalue weighted by Gasteiger charge is -2.30. The molecule has 2 rings (SSSR count). The molecule has 0 spiro atoms. The number of hydrogen-bond donors (Lipinski definition) is 3. The van der Waals surface area contributed by atoms with Crippen molar-refractivity contribution in [1.82, 2.24) is 5.32 Å². The van der Waals surface area contributed by atoms with E-state index in [4.69, 9.17) is 14.2 Å². The minimum Gasteiger partial charge on any atom is -0.505 e. The summed E-state index contributed by atoms with van der Waals surface area (Å²) in [5, 5.41) is 15.1. The summed E-state index contributed by atoms with van der Waals surface area (Å²) in [6.45, 7) is 8.44. The summed E-state index contributed by atoms with van der Waals surface area (Å²) in [5.41, 5.74) is -0.218. The van der Waals surface area contributed by atoms with Crippen LogP contribution in [0, 0.1) is 11.8 Å². The minimum absolute atomic E-state index is 0.00229. The molecule has 37 heavy (non-hydrogen) atoms. The van der Waals surface area contributed by atoms with Gasteiger partial charge in [-0.2, -0.15) is 0 Å². The molecule has 1 saturated heterocycles. The zero-order valence-electron chi connectivity index (χ0n) is 21.8. The second kappa shape index (κ2) is 13.6. The number of nitrogens with one attached hydrogen (secondary N) is 2. The average Bonchev–Trinajstić information content (AvgIpc) is 2.88. The van der Waals surface area contributed by atoms with Crippen molar-refractivity contribution >= 4 is 35.9 Å². The molecule has 0 bridgehead atoms. The number of amides is 2. The Balaban J connectivity index is 2.36. The van der Waals surface area contributed by atoms with Gasteiger partial charge in [0.05, 0.1) is 23.1 Å². The lowest BCUT2D eigenvalue weighted by molar-refractivity contribution is -0.177. The maximum atomic E-state index is 13.2. The summed E-state index contributed by atoms with van der Waals surface area (Å²) in [6.07, 6.45) is -0.558. The van der Waals surface area contributed by atoms with Crippen LogP contribution in [0.1, 0.15) is 70.7 Å². The molecule has 11 nitrogen and oxygen atoms in total. The van der Waals surface area contributed by atoms with E-state index >= 15 is 0 Å². The Hall–Kier alpha value is -3.63. The molecule has 3 N–H and O–H groups in total. The highest BCUT2D eigenvalue weighted by Crippen LogP contribution is 2.29. The fourth-order valence-corrected chi connectivity index (χ4v) is 3.92. The molecule has 0 aliphatic carbocycles. The van der Waals surface area contributed by atoms with Crippen molar-refractivity contribution < 1.29 is 43.3 Å². The Morgan fingerprint density at radius 2 is 1.81 bits per heavy atom. The van der Waals surface area contributed by atoms with Crippen LogP contribution in [0.25, 0.3) is 0 Å². The standard InChI is InChI=1S/C26H36N2O9/c1-6-8-10-18-22(37-24(32)14(3)7-2)16(5)36-26(34)20(15(4)35-25(18)33)28-23(31)17-11-9-12-19(21(17)30)27-13-29/h9,11-16,18,20,22,30H,6-8,10H2,1-5H3,(H,27,29)(H,28,31)/t14?,15-,16+,18-,20+,22+/m1/s1. The van der Waals surface area contributed by atoms with E-state index in [1.54, 1.807) is 6.92 Å². The highest BCUT2D eigenvalue weighted by atomic mass is 16.6. The van der Waals surface area contributed by atoms with E-state index in [9.17, 15) is 29.1 Å². The predicted octanol–water partition coefficient (Wildman–Crippen LogP) is 2.70. The summed E-state index contributed by atoms with van der Waals surface area (Å²) in [5.74, 6) is -4.73. The zero-order valence-corrected chi connectivity index (χ0v) is 21.8. The van der Waals surface area contributed by atoms with Gasteiger partial charge in [0.15, 0.2) is 17.9 Å². The fourth-order valence-electron chi connectivity index (χ4n) is 3.92. The summed E-state index contributed by atoms with van der Waals surface area (Å²) < 4.78 is 16.8. The van der Waals surface area contributed by atoms with Crippen LogP contribution < -0.4 is 10.6 Å².